The van der Waals surface area contributed by atoms with Crippen LogP contribution in [0.25, 0.3) is 66.1 Å². The van der Waals surface area contributed by atoms with E-state index in [9.17, 15) is 0 Å². The Bertz CT molecular complexity index is 3490. The Labute approximate surface area is 373 Å². The van der Waals surface area contributed by atoms with Gasteiger partial charge >= 0.3 is 0 Å². The largest absolute Gasteiger partial charge is 0.454 e. The van der Waals surface area contributed by atoms with Gasteiger partial charge in [-0.3, -0.25) is 0 Å². The van der Waals surface area contributed by atoms with E-state index in [4.69, 9.17) is 4.42 Å². The van der Waals surface area contributed by atoms with Crippen LogP contribution in [0.15, 0.2) is 235 Å². The Morgan fingerprint density at radius 1 is 0.359 bits per heavy atom. The number of furan rings is 1. The van der Waals surface area contributed by atoms with Gasteiger partial charge in [-0.1, -0.05) is 178 Å². The van der Waals surface area contributed by atoms with Gasteiger partial charge in [-0.15, -0.1) is 0 Å². The van der Waals surface area contributed by atoms with E-state index in [0.29, 0.717) is 0 Å². The molecule has 1 aromatic heterocycles. The first kappa shape index (κ1) is 37.6. The molecular formula is C61H44N2O. The molecule has 0 unspecified atom stereocenters. The molecule has 1 heterocycles. The highest BCUT2D eigenvalue weighted by Crippen LogP contribution is 2.53. The van der Waals surface area contributed by atoms with Crippen molar-refractivity contribution in [2.45, 2.75) is 19.3 Å². The Hall–Kier alpha value is -8.14. The molecule has 0 atom stereocenters. The lowest BCUT2D eigenvalue weighted by atomic mass is 9.82. The third-order valence-electron chi connectivity index (χ3n) is 13.2. The quantitative estimate of drug-likeness (QED) is 0.152. The van der Waals surface area contributed by atoms with Crippen LogP contribution in [-0.2, 0) is 5.41 Å². The lowest BCUT2D eigenvalue weighted by molar-refractivity contribution is 0.660. The second kappa shape index (κ2) is 15.0. The zero-order valence-electron chi connectivity index (χ0n) is 35.7. The van der Waals surface area contributed by atoms with Gasteiger partial charge in [-0.2, -0.15) is 0 Å². The molecule has 3 heteroatoms. The number of hydrogen-bond donors (Lipinski definition) is 0. The molecule has 0 saturated carbocycles. The molecule has 0 bridgehead atoms. The Kier molecular flexibility index (Phi) is 8.84. The molecule has 1 aliphatic rings. The molecule has 0 radical (unpaired) electrons. The molecule has 3 nitrogen and oxygen atoms in total. The minimum atomic E-state index is -0.195. The topological polar surface area (TPSA) is 19.6 Å². The van der Waals surface area contributed by atoms with Crippen molar-refractivity contribution in [2.75, 3.05) is 9.80 Å². The van der Waals surface area contributed by atoms with Gasteiger partial charge in [-0.05, 0) is 122 Å². The highest BCUT2D eigenvalue weighted by Gasteiger charge is 2.36. The number of rotatable bonds is 8. The number of para-hydroxylation sites is 4. The lowest BCUT2D eigenvalue weighted by Crippen LogP contribution is -2.17. The summed E-state index contributed by atoms with van der Waals surface area (Å²) in [5.74, 6) is 0. The van der Waals surface area contributed by atoms with Crippen LogP contribution in [0.2, 0.25) is 0 Å². The SMILES string of the molecule is CC1(C)c2ccccc2-c2ccc(N(c3cc(-c4ccc5ccccc5c4-c4ccccc4)cc(N(c4ccccc4)c4ccccc4)c3)c3cccc4c3oc3ccccc34)cc21. The van der Waals surface area contributed by atoms with Gasteiger partial charge in [0, 0.05) is 44.6 Å². The average molecular weight is 821 g/mol. The van der Waals surface area contributed by atoms with Gasteiger partial charge in [0.15, 0.2) is 5.58 Å². The number of hydrogen-bond acceptors (Lipinski definition) is 3. The molecule has 10 aromatic carbocycles. The predicted octanol–water partition coefficient (Wildman–Crippen LogP) is 17.3. The molecular weight excluding hydrogens is 777 g/mol. The summed E-state index contributed by atoms with van der Waals surface area (Å²) in [4.78, 5) is 4.80. The van der Waals surface area contributed by atoms with E-state index in [-0.39, 0.29) is 5.41 Å². The molecule has 0 fully saturated rings. The van der Waals surface area contributed by atoms with Gasteiger partial charge < -0.3 is 14.2 Å². The average Bonchev–Trinajstić information content (AvgIpc) is 3.84. The molecule has 0 saturated heterocycles. The maximum Gasteiger partial charge on any atom is 0.159 e. The van der Waals surface area contributed by atoms with Crippen molar-refractivity contribution in [3.05, 3.63) is 242 Å². The van der Waals surface area contributed by atoms with Crippen molar-refractivity contribution in [3.63, 3.8) is 0 Å². The molecule has 0 aliphatic heterocycles. The van der Waals surface area contributed by atoms with Crippen LogP contribution in [0.5, 0.6) is 0 Å². The fourth-order valence-electron chi connectivity index (χ4n) is 10.2. The van der Waals surface area contributed by atoms with Crippen LogP contribution < -0.4 is 9.80 Å². The van der Waals surface area contributed by atoms with E-state index >= 15 is 0 Å². The molecule has 0 spiro atoms. The summed E-state index contributed by atoms with van der Waals surface area (Å²) >= 11 is 0. The molecule has 0 N–H and O–H groups in total. The van der Waals surface area contributed by atoms with Gasteiger partial charge in [0.25, 0.3) is 0 Å². The number of anilines is 6. The summed E-state index contributed by atoms with van der Waals surface area (Å²) in [6, 6.07) is 83.5. The summed E-state index contributed by atoms with van der Waals surface area (Å²) < 4.78 is 6.90. The number of nitrogens with zero attached hydrogens (tertiary/aromatic N) is 2. The number of benzene rings is 10. The smallest absolute Gasteiger partial charge is 0.159 e. The van der Waals surface area contributed by atoms with Crippen LogP contribution >= 0.6 is 0 Å². The van der Waals surface area contributed by atoms with E-state index in [0.717, 1.165) is 67.2 Å². The zero-order chi connectivity index (χ0) is 42.8. The van der Waals surface area contributed by atoms with Crippen LogP contribution in [0.3, 0.4) is 0 Å². The van der Waals surface area contributed by atoms with Crippen LogP contribution in [0.1, 0.15) is 25.0 Å². The third-order valence-corrected chi connectivity index (χ3v) is 13.2. The van der Waals surface area contributed by atoms with Crippen molar-refractivity contribution in [3.8, 4) is 33.4 Å². The van der Waals surface area contributed by atoms with Crippen molar-refractivity contribution < 1.29 is 4.42 Å². The minimum absolute atomic E-state index is 0.195. The molecule has 304 valence electrons. The maximum absolute atomic E-state index is 6.90. The van der Waals surface area contributed by atoms with Gasteiger partial charge in [0.2, 0.25) is 0 Å². The van der Waals surface area contributed by atoms with Crippen LogP contribution in [0, 0.1) is 0 Å². The van der Waals surface area contributed by atoms with E-state index in [1.807, 2.05) is 6.07 Å². The first-order valence-electron chi connectivity index (χ1n) is 22.1. The molecule has 12 rings (SSSR count). The van der Waals surface area contributed by atoms with Crippen molar-refractivity contribution >= 4 is 66.8 Å². The normalized spacial score (nSPS) is 12.7. The predicted molar refractivity (Wildman–Crippen MR) is 269 cm³/mol. The summed E-state index contributed by atoms with van der Waals surface area (Å²) in [6.45, 7) is 4.71. The third kappa shape index (κ3) is 6.12. The summed E-state index contributed by atoms with van der Waals surface area (Å²) in [7, 11) is 0. The van der Waals surface area contributed by atoms with Gasteiger partial charge in [0.1, 0.15) is 5.58 Å². The summed E-state index contributed by atoms with van der Waals surface area (Å²) in [5, 5.41) is 4.60. The van der Waals surface area contributed by atoms with Gasteiger partial charge in [-0.25, -0.2) is 0 Å². The maximum atomic E-state index is 6.90. The summed E-state index contributed by atoms with van der Waals surface area (Å²) in [6.07, 6.45) is 0. The van der Waals surface area contributed by atoms with E-state index < -0.39 is 0 Å². The monoisotopic (exact) mass is 820 g/mol. The molecule has 0 amide bonds. The van der Waals surface area contributed by atoms with Crippen molar-refractivity contribution in [2.24, 2.45) is 0 Å². The lowest BCUT2D eigenvalue weighted by Gasteiger charge is -2.31. The molecule has 11 aromatic rings. The highest BCUT2D eigenvalue weighted by molar-refractivity contribution is 6.11. The van der Waals surface area contributed by atoms with Crippen molar-refractivity contribution in [1.82, 2.24) is 0 Å². The Morgan fingerprint density at radius 3 is 1.72 bits per heavy atom. The fourth-order valence-corrected chi connectivity index (χ4v) is 10.2. The zero-order valence-corrected chi connectivity index (χ0v) is 35.7. The van der Waals surface area contributed by atoms with Gasteiger partial charge in [0.05, 0.1) is 5.69 Å². The number of fused-ring (bicyclic) bond motifs is 7. The van der Waals surface area contributed by atoms with Crippen LogP contribution in [0.4, 0.5) is 34.1 Å². The minimum Gasteiger partial charge on any atom is -0.454 e. The standard InChI is InChI=1S/C61H44N2O/c1-61(2)55-30-16-14-27-51(55)52-36-34-46(40-56(52)61)63(57-31-18-29-54-53-28-15-17-32-58(53)64-60(54)57)48-38-43(37-47(39-48)62(44-22-8-4-9-23-44)45-24-10-5-11-25-45)50-35-33-41-19-12-13-26-49(41)59(50)42-20-6-3-7-21-42/h3-40H,1-2H3. The molecule has 1 aliphatic carbocycles. The van der Waals surface area contributed by atoms with Crippen LogP contribution in [-0.4, -0.2) is 0 Å². The first-order chi connectivity index (χ1) is 31.5. The highest BCUT2D eigenvalue weighted by atomic mass is 16.3. The summed E-state index contributed by atoms with van der Waals surface area (Å²) in [5.41, 5.74) is 17.6. The van der Waals surface area contributed by atoms with E-state index in [1.54, 1.807) is 0 Å². The second-order valence-corrected chi connectivity index (χ2v) is 17.3. The van der Waals surface area contributed by atoms with E-state index in [1.165, 1.54) is 44.2 Å². The Balaban J connectivity index is 1.19. The Morgan fingerprint density at radius 2 is 0.953 bits per heavy atom. The van der Waals surface area contributed by atoms with Crippen molar-refractivity contribution in [1.29, 1.82) is 0 Å². The fraction of sp³-hybridized carbons (Fsp3) is 0.0492. The van der Waals surface area contributed by atoms with E-state index in [2.05, 4.69) is 248 Å². The first-order valence-corrected chi connectivity index (χ1v) is 22.1. The second-order valence-electron chi connectivity index (χ2n) is 17.3. The molecule has 64 heavy (non-hydrogen) atoms.